The summed E-state index contributed by atoms with van der Waals surface area (Å²) < 4.78 is 25.7. The van der Waals surface area contributed by atoms with E-state index >= 15 is 0 Å². The Balaban J connectivity index is 2.14. The summed E-state index contributed by atoms with van der Waals surface area (Å²) >= 11 is 0. The van der Waals surface area contributed by atoms with Gasteiger partial charge in [-0.15, -0.1) is 0 Å². The van der Waals surface area contributed by atoms with Crippen LogP contribution in [0.1, 0.15) is 0 Å². The molecule has 2 unspecified atom stereocenters. The standard InChI is InChI=1S/C9H18O5/c1-10-8(9(11-2)12-3)6-13-4-7-5-14-7/h7-9H,4-6H2,1-3H3. The van der Waals surface area contributed by atoms with E-state index in [0.717, 1.165) is 6.61 Å². The van der Waals surface area contributed by atoms with Crippen molar-refractivity contribution >= 4 is 0 Å². The third kappa shape index (κ3) is 3.89. The molecule has 5 nitrogen and oxygen atoms in total. The van der Waals surface area contributed by atoms with Crippen LogP contribution in [0.5, 0.6) is 0 Å². The van der Waals surface area contributed by atoms with Gasteiger partial charge in [0.05, 0.1) is 19.8 Å². The van der Waals surface area contributed by atoms with Gasteiger partial charge in [-0.1, -0.05) is 0 Å². The van der Waals surface area contributed by atoms with Gasteiger partial charge in [-0.3, -0.25) is 0 Å². The molecule has 0 aromatic carbocycles. The normalized spacial score (nSPS) is 22.7. The Morgan fingerprint density at radius 1 is 1.21 bits per heavy atom. The minimum absolute atomic E-state index is 0.205. The maximum atomic E-state index is 5.39. The summed E-state index contributed by atoms with van der Waals surface area (Å²) in [6, 6.07) is 0. The third-order valence-electron chi connectivity index (χ3n) is 2.06. The molecule has 0 aromatic heterocycles. The molecule has 5 heteroatoms. The molecule has 0 N–H and O–H groups in total. The minimum Gasteiger partial charge on any atom is -0.376 e. The molecule has 0 radical (unpaired) electrons. The van der Waals surface area contributed by atoms with Crippen LogP contribution in [0.4, 0.5) is 0 Å². The summed E-state index contributed by atoms with van der Waals surface area (Å²) in [6.45, 7) is 1.86. The van der Waals surface area contributed by atoms with E-state index in [2.05, 4.69) is 0 Å². The molecule has 0 saturated carbocycles. The molecule has 1 aliphatic heterocycles. The predicted octanol–water partition coefficient (Wildman–Crippen LogP) is 0.0357. The maximum absolute atomic E-state index is 5.39. The maximum Gasteiger partial charge on any atom is 0.185 e. The van der Waals surface area contributed by atoms with E-state index in [1.807, 2.05) is 0 Å². The lowest BCUT2D eigenvalue weighted by atomic mass is 10.3. The molecule has 0 bridgehead atoms. The van der Waals surface area contributed by atoms with Crippen molar-refractivity contribution in [1.29, 1.82) is 0 Å². The first-order valence-corrected chi connectivity index (χ1v) is 4.59. The lowest BCUT2D eigenvalue weighted by Gasteiger charge is -2.22. The van der Waals surface area contributed by atoms with Crippen LogP contribution in [0.3, 0.4) is 0 Å². The fourth-order valence-corrected chi connectivity index (χ4v) is 1.14. The average Bonchev–Trinajstić information content (AvgIpc) is 3.01. The van der Waals surface area contributed by atoms with Crippen molar-refractivity contribution in [3.8, 4) is 0 Å². The van der Waals surface area contributed by atoms with Gasteiger partial charge >= 0.3 is 0 Å². The number of hydrogen-bond acceptors (Lipinski definition) is 5. The minimum atomic E-state index is -0.389. The highest BCUT2D eigenvalue weighted by Gasteiger charge is 2.25. The number of rotatable bonds is 8. The largest absolute Gasteiger partial charge is 0.376 e. The fourth-order valence-electron chi connectivity index (χ4n) is 1.14. The van der Waals surface area contributed by atoms with Crippen molar-refractivity contribution in [1.82, 2.24) is 0 Å². The summed E-state index contributed by atoms with van der Waals surface area (Å²) in [4.78, 5) is 0. The van der Waals surface area contributed by atoms with Crippen molar-refractivity contribution in [2.75, 3.05) is 41.2 Å². The summed E-state index contributed by atoms with van der Waals surface area (Å²) in [5, 5.41) is 0. The van der Waals surface area contributed by atoms with E-state index < -0.39 is 0 Å². The monoisotopic (exact) mass is 206 g/mol. The average molecular weight is 206 g/mol. The fraction of sp³-hybridized carbons (Fsp3) is 1.00. The van der Waals surface area contributed by atoms with Crippen molar-refractivity contribution in [3.63, 3.8) is 0 Å². The molecule has 1 aliphatic rings. The first-order chi connectivity index (χ1) is 6.81. The lowest BCUT2D eigenvalue weighted by Crippen LogP contribution is -2.35. The van der Waals surface area contributed by atoms with Crippen LogP contribution in [0, 0.1) is 0 Å². The van der Waals surface area contributed by atoms with Crippen LogP contribution >= 0.6 is 0 Å². The van der Waals surface area contributed by atoms with Gasteiger partial charge in [-0.2, -0.15) is 0 Å². The molecule has 1 rings (SSSR count). The van der Waals surface area contributed by atoms with Gasteiger partial charge in [0.1, 0.15) is 12.2 Å². The second-order valence-corrected chi connectivity index (χ2v) is 3.11. The van der Waals surface area contributed by atoms with Crippen LogP contribution in [-0.2, 0) is 23.7 Å². The van der Waals surface area contributed by atoms with Crippen molar-refractivity contribution in [3.05, 3.63) is 0 Å². The highest BCUT2D eigenvalue weighted by Crippen LogP contribution is 2.10. The Labute approximate surface area is 84.2 Å². The van der Waals surface area contributed by atoms with E-state index in [1.165, 1.54) is 0 Å². The van der Waals surface area contributed by atoms with E-state index in [0.29, 0.717) is 13.2 Å². The molecule has 1 saturated heterocycles. The third-order valence-corrected chi connectivity index (χ3v) is 2.06. The Morgan fingerprint density at radius 2 is 1.86 bits per heavy atom. The van der Waals surface area contributed by atoms with Crippen LogP contribution in [-0.4, -0.2) is 59.6 Å². The van der Waals surface area contributed by atoms with Crippen LogP contribution in [0.15, 0.2) is 0 Å². The Hall–Kier alpha value is -0.200. The molecule has 1 fully saturated rings. The molecule has 0 aromatic rings. The Morgan fingerprint density at radius 3 is 2.29 bits per heavy atom. The molecule has 1 heterocycles. The van der Waals surface area contributed by atoms with Gasteiger partial charge in [-0.25, -0.2) is 0 Å². The lowest BCUT2D eigenvalue weighted by molar-refractivity contribution is -0.187. The first-order valence-electron chi connectivity index (χ1n) is 4.59. The van der Waals surface area contributed by atoms with Gasteiger partial charge in [-0.05, 0) is 0 Å². The SMILES string of the molecule is COC(COCC1CO1)C(OC)OC. The van der Waals surface area contributed by atoms with Crippen molar-refractivity contribution in [2.24, 2.45) is 0 Å². The topological polar surface area (TPSA) is 49.5 Å². The summed E-state index contributed by atoms with van der Waals surface area (Å²) in [5.74, 6) is 0. The number of ether oxygens (including phenoxy) is 5. The summed E-state index contributed by atoms with van der Waals surface area (Å²) in [6.07, 6.45) is -0.320. The highest BCUT2D eigenvalue weighted by atomic mass is 16.7. The zero-order chi connectivity index (χ0) is 10.4. The van der Waals surface area contributed by atoms with Gasteiger partial charge in [0.2, 0.25) is 0 Å². The molecular formula is C9H18O5. The first kappa shape index (κ1) is 11.9. The second kappa shape index (κ2) is 6.31. The molecule has 0 aliphatic carbocycles. The molecule has 14 heavy (non-hydrogen) atoms. The molecule has 2 atom stereocenters. The quantitative estimate of drug-likeness (QED) is 0.414. The highest BCUT2D eigenvalue weighted by molar-refractivity contribution is 4.68. The zero-order valence-electron chi connectivity index (χ0n) is 8.89. The summed E-state index contributed by atoms with van der Waals surface area (Å²) in [7, 11) is 4.75. The number of methoxy groups -OCH3 is 3. The van der Waals surface area contributed by atoms with E-state index in [-0.39, 0.29) is 18.5 Å². The Bertz CT molecular complexity index is 144. The summed E-state index contributed by atoms with van der Waals surface area (Å²) in [5.41, 5.74) is 0. The number of epoxide rings is 1. The van der Waals surface area contributed by atoms with Crippen molar-refractivity contribution < 1.29 is 23.7 Å². The van der Waals surface area contributed by atoms with Crippen LogP contribution in [0.25, 0.3) is 0 Å². The molecular weight excluding hydrogens is 188 g/mol. The zero-order valence-corrected chi connectivity index (χ0v) is 8.89. The van der Waals surface area contributed by atoms with Gasteiger partial charge in [0.15, 0.2) is 6.29 Å². The van der Waals surface area contributed by atoms with Crippen LogP contribution < -0.4 is 0 Å². The second-order valence-electron chi connectivity index (χ2n) is 3.11. The smallest absolute Gasteiger partial charge is 0.185 e. The van der Waals surface area contributed by atoms with Crippen molar-refractivity contribution in [2.45, 2.75) is 18.5 Å². The van der Waals surface area contributed by atoms with Gasteiger partial charge in [0.25, 0.3) is 0 Å². The number of hydrogen-bond donors (Lipinski definition) is 0. The van der Waals surface area contributed by atoms with E-state index in [9.17, 15) is 0 Å². The van der Waals surface area contributed by atoms with Crippen LogP contribution in [0.2, 0.25) is 0 Å². The van der Waals surface area contributed by atoms with E-state index in [4.69, 9.17) is 23.7 Å². The van der Waals surface area contributed by atoms with Gasteiger partial charge in [0, 0.05) is 21.3 Å². The van der Waals surface area contributed by atoms with Gasteiger partial charge < -0.3 is 23.7 Å². The molecule has 0 amide bonds. The predicted molar refractivity (Wildman–Crippen MR) is 49.2 cm³/mol. The molecule has 84 valence electrons. The van der Waals surface area contributed by atoms with E-state index in [1.54, 1.807) is 21.3 Å². The Kier molecular flexibility index (Phi) is 5.36. The molecule has 0 spiro atoms.